The van der Waals surface area contributed by atoms with Crippen molar-refractivity contribution < 1.29 is 9.53 Å². The summed E-state index contributed by atoms with van der Waals surface area (Å²) in [7, 11) is 0. The highest BCUT2D eigenvalue weighted by atomic mass is 16.6. The Bertz CT molecular complexity index is 709. The smallest absolute Gasteiger partial charge is 0.411 e. The fourth-order valence-corrected chi connectivity index (χ4v) is 2.89. The van der Waals surface area contributed by atoms with Gasteiger partial charge in [0.2, 0.25) is 0 Å². The van der Waals surface area contributed by atoms with Crippen molar-refractivity contribution in [2.45, 2.75) is 32.4 Å². The lowest BCUT2D eigenvalue weighted by Crippen LogP contribution is -2.42. The zero-order valence-electron chi connectivity index (χ0n) is 14.9. The van der Waals surface area contributed by atoms with Crippen LogP contribution >= 0.6 is 0 Å². The maximum atomic E-state index is 11.9. The molecular formula is C21H24N2O2. The summed E-state index contributed by atoms with van der Waals surface area (Å²) >= 11 is 0. The molecule has 4 nitrogen and oxygen atoms in total. The van der Waals surface area contributed by atoms with Crippen molar-refractivity contribution in [2.24, 2.45) is 0 Å². The molecule has 0 saturated heterocycles. The molecule has 4 heteroatoms. The molecule has 1 N–H and O–H groups in total. The van der Waals surface area contributed by atoms with Gasteiger partial charge in [0.15, 0.2) is 0 Å². The third kappa shape index (κ3) is 4.41. The minimum absolute atomic E-state index is 0.131. The molecule has 1 aliphatic rings. The first-order valence-electron chi connectivity index (χ1n) is 8.49. The van der Waals surface area contributed by atoms with Crippen LogP contribution in [0.3, 0.4) is 0 Å². The standard InChI is InChI=1S/C21H24N2O2/c1-21(2,3)25-20(24)22-18-14-23(15-18)19(16-10-6-4-7-11-16)17-12-8-5-9-13-17/h4-14,19H,15H2,1-3H3,(H,22,24). The molecule has 1 heterocycles. The second-order valence-corrected chi connectivity index (χ2v) is 7.18. The van der Waals surface area contributed by atoms with Crippen LogP contribution in [0.1, 0.15) is 37.9 Å². The van der Waals surface area contributed by atoms with E-state index >= 15 is 0 Å². The molecule has 0 aliphatic carbocycles. The van der Waals surface area contributed by atoms with Gasteiger partial charge in [-0.1, -0.05) is 60.7 Å². The molecule has 0 radical (unpaired) electrons. The summed E-state index contributed by atoms with van der Waals surface area (Å²) in [5.74, 6) is 0. The van der Waals surface area contributed by atoms with Gasteiger partial charge in [-0.25, -0.2) is 4.79 Å². The SMILES string of the molecule is CC(C)(C)OC(=O)NC1=CN(C(c2ccccc2)c2ccccc2)C1. The van der Waals surface area contributed by atoms with E-state index in [1.54, 1.807) is 0 Å². The zero-order valence-corrected chi connectivity index (χ0v) is 14.9. The van der Waals surface area contributed by atoms with Crippen molar-refractivity contribution in [2.75, 3.05) is 6.54 Å². The van der Waals surface area contributed by atoms with Gasteiger partial charge in [0, 0.05) is 6.20 Å². The van der Waals surface area contributed by atoms with E-state index in [1.165, 1.54) is 11.1 Å². The van der Waals surface area contributed by atoms with Crippen LogP contribution in [-0.4, -0.2) is 23.1 Å². The van der Waals surface area contributed by atoms with Crippen molar-refractivity contribution >= 4 is 6.09 Å². The molecule has 0 saturated carbocycles. The van der Waals surface area contributed by atoms with Crippen molar-refractivity contribution in [1.29, 1.82) is 0 Å². The van der Waals surface area contributed by atoms with Gasteiger partial charge in [0.25, 0.3) is 0 Å². The van der Waals surface area contributed by atoms with E-state index < -0.39 is 11.7 Å². The molecule has 0 aromatic heterocycles. The van der Waals surface area contributed by atoms with Gasteiger partial charge in [-0.3, -0.25) is 5.32 Å². The summed E-state index contributed by atoms with van der Waals surface area (Å²) in [6.45, 7) is 6.24. The van der Waals surface area contributed by atoms with Crippen molar-refractivity contribution in [3.05, 3.63) is 83.7 Å². The number of alkyl carbamates (subject to hydrolysis) is 1. The maximum Gasteiger partial charge on any atom is 0.411 e. The van der Waals surface area contributed by atoms with Gasteiger partial charge in [-0.2, -0.15) is 0 Å². The van der Waals surface area contributed by atoms with Gasteiger partial charge < -0.3 is 9.64 Å². The molecule has 0 atom stereocenters. The monoisotopic (exact) mass is 336 g/mol. The normalized spacial score (nSPS) is 13.9. The van der Waals surface area contributed by atoms with Crippen molar-refractivity contribution in [3.8, 4) is 0 Å². The summed E-state index contributed by atoms with van der Waals surface area (Å²) in [6, 6.07) is 20.9. The average molecular weight is 336 g/mol. The van der Waals surface area contributed by atoms with E-state index in [0.717, 1.165) is 5.70 Å². The van der Waals surface area contributed by atoms with Gasteiger partial charge >= 0.3 is 6.09 Å². The Morgan fingerprint density at radius 1 is 1.00 bits per heavy atom. The Hall–Kier alpha value is -2.75. The largest absolute Gasteiger partial charge is 0.444 e. The summed E-state index contributed by atoms with van der Waals surface area (Å²) in [6.07, 6.45) is 1.57. The van der Waals surface area contributed by atoms with Crippen molar-refractivity contribution in [1.82, 2.24) is 10.2 Å². The fraction of sp³-hybridized carbons (Fsp3) is 0.286. The highest BCUT2D eigenvalue weighted by Crippen LogP contribution is 2.32. The molecule has 1 aliphatic heterocycles. The van der Waals surface area contributed by atoms with Crippen LogP contribution < -0.4 is 5.32 Å². The molecule has 2 aromatic rings. The van der Waals surface area contributed by atoms with Crippen LogP contribution in [0, 0.1) is 0 Å². The molecule has 0 fully saturated rings. The summed E-state index contributed by atoms with van der Waals surface area (Å²) in [4.78, 5) is 14.1. The van der Waals surface area contributed by atoms with Gasteiger partial charge in [-0.15, -0.1) is 0 Å². The first kappa shape index (κ1) is 17.1. The van der Waals surface area contributed by atoms with Crippen LogP contribution in [0.4, 0.5) is 4.79 Å². The summed E-state index contributed by atoms with van der Waals surface area (Å²) in [5, 5.41) is 2.82. The zero-order chi connectivity index (χ0) is 17.9. The number of rotatable bonds is 4. The highest BCUT2D eigenvalue weighted by Gasteiger charge is 2.28. The number of carbonyl (C=O) groups is 1. The fourth-order valence-electron chi connectivity index (χ4n) is 2.89. The van der Waals surface area contributed by atoms with Crippen LogP contribution in [0.5, 0.6) is 0 Å². The summed E-state index contributed by atoms with van der Waals surface area (Å²) < 4.78 is 5.30. The van der Waals surface area contributed by atoms with E-state index in [2.05, 4.69) is 58.7 Å². The Morgan fingerprint density at radius 3 is 1.92 bits per heavy atom. The Kier molecular flexibility index (Phi) is 4.79. The second-order valence-electron chi connectivity index (χ2n) is 7.18. The van der Waals surface area contributed by atoms with Crippen LogP contribution in [-0.2, 0) is 4.74 Å². The number of hydrogen-bond donors (Lipinski definition) is 1. The molecule has 0 spiro atoms. The number of carbonyl (C=O) groups excluding carboxylic acids is 1. The van der Waals surface area contributed by atoms with E-state index in [1.807, 2.05) is 39.1 Å². The number of nitrogens with zero attached hydrogens (tertiary/aromatic N) is 1. The molecule has 1 amide bonds. The number of nitrogens with one attached hydrogen (secondary N) is 1. The van der Waals surface area contributed by atoms with Crippen molar-refractivity contribution in [3.63, 3.8) is 0 Å². The molecular weight excluding hydrogens is 312 g/mol. The third-order valence-corrected chi connectivity index (χ3v) is 3.90. The first-order chi connectivity index (χ1) is 11.9. The maximum absolute atomic E-state index is 11.9. The Morgan fingerprint density at radius 2 is 1.48 bits per heavy atom. The Labute approximate surface area is 149 Å². The highest BCUT2D eigenvalue weighted by molar-refractivity contribution is 5.70. The minimum Gasteiger partial charge on any atom is -0.444 e. The Balaban J connectivity index is 1.74. The minimum atomic E-state index is -0.495. The van der Waals surface area contributed by atoms with Gasteiger partial charge in [0.05, 0.1) is 18.3 Å². The first-order valence-corrected chi connectivity index (χ1v) is 8.49. The average Bonchev–Trinajstić information content (AvgIpc) is 2.53. The van der Waals surface area contributed by atoms with Crippen LogP contribution in [0.25, 0.3) is 0 Å². The van der Waals surface area contributed by atoms with Crippen LogP contribution in [0.15, 0.2) is 72.6 Å². The quantitative estimate of drug-likeness (QED) is 0.896. The predicted molar refractivity (Wildman–Crippen MR) is 98.9 cm³/mol. The lowest BCUT2D eigenvalue weighted by molar-refractivity contribution is 0.0534. The summed E-state index contributed by atoms with van der Waals surface area (Å²) in [5.41, 5.74) is 2.82. The van der Waals surface area contributed by atoms with E-state index in [4.69, 9.17) is 4.74 Å². The molecule has 3 rings (SSSR count). The van der Waals surface area contributed by atoms with Gasteiger partial charge in [-0.05, 0) is 31.9 Å². The number of benzene rings is 2. The van der Waals surface area contributed by atoms with Gasteiger partial charge in [0.1, 0.15) is 5.60 Å². The van der Waals surface area contributed by atoms with E-state index in [0.29, 0.717) is 6.54 Å². The number of amides is 1. The van der Waals surface area contributed by atoms with Crippen LogP contribution in [0.2, 0.25) is 0 Å². The lowest BCUT2D eigenvalue weighted by atomic mass is 9.95. The second kappa shape index (κ2) is 7.01. The van der Waals surface area contributed by atoms with E-state index in [9.17, 15) is 4.79 Å². The molecule has 25 heavy (non-hydrogen) atoms. The molecule has 0 unspecified atom stereocenters. The predicted octanol–water partition coefficient (Wildman–Crippen LogP) is 4.46. The number of hydrogen-bond acceptors (Lipinski definition) is 3. The third-order valence-electron chi connectivity index (χ3n) is 3.90. The topological polar surface area (TPSA) is 41.6 Å². The van der Waals surface area contributed by atoms with E-state index in [-0.39, 0.29) is 6.04 Å². The molecule has 0 bridgehead atoms. The lowest BCUT2D eigenvalue weighted by Gasteiger charge is -2.39. The number of ether oxygens (including phenoxy) is 1. The molecule has 130 valence electrons. The molecule has 2 aromatic carbocycles.